The summed E-state index contributed by atoms with van der Waals surface area (Å²) in [5, 5.41) is 11.0. The highest BCUT2D eigenvalue weighted by Crippen LogP contribution is 2.43. The molecule has 0 radical (unpaired) electrons. The molecule has 0 aliphatic carbocycles. The lowest BCUT2D eigenvalue weighted by Crippen LogP contribution is -2.25. The number of ether oxygens (including phenoxy) is 1. The van der Waals surface area contributed by atoms with Crippen molar-refractivity contribution in [1.82, 2.24) is 4.90 Å². The van der Waals surface area contributed by atoms with Crippen molar-refractivity contribution in [3.8, 4) is 5.75 Å². The number of allylic oxidation sites excluding steroid dienone is 1. The minimum atomic E-state index is -0.564. The standard InChI is InChI=1S/C29H35BrFNO3S/c1-29(2,3)28(34)35-22-9-10-23-25(17-22)36-16-12-24(30)26(23)19-5-7-20(8-6-19)27(33)21-11-15-32(18-21)14-4-13-31/h5-10,17,21,27,33H,4,11-16,18H2,1-3H3. The summed E-state index contributed by atoms with van der Waals surface area (Å²) in [5.74, 6) is 1.41. The zero-order valence-electron chi connectivity index (χ0n) is 21.2. The number of carbonyl (C=O) groups excluding carboxylic acids is 1. The van der Waals surface area contributed by atoms with Gasteiger partial charge in [-0.1, -0.05) is 40.2 Å². The number of aliphatic hydroxyl groups is 1. The molecule has 2 aliphatic heterocycles. The molecule has 0 aromatic heterocycles. The predicted octanol–water partition coefficient (Wildman–Crippen LogP) is 7.00. The molecule has 0 amide bonds. The van der Waals surface area contributed by atoms with Crippen LogP contribution < -0.4 is 4.74 Å². The molecule has 4 rings (SSSR count). The molecule has 36 heavy (non-hydrogen) atoms. The van der Waals surface area contributed by atoms with Crippen LogP contribution in [0.4, 0.5) is 4.39 Å². The van der Waals surface area contributed by atoms with Crippen molar-refractivity contribution >= 4 is 39.2 Å². The van der Waals surface area contributed by atoms with E-state index < -0.39 is 11.5 Å². The van der Waals surface area contributed by atoms with Gasteiger partial charge in [0.1, 0.15) is 5.75 Å². The van der Waals surface area contributed by atoms with Gasteiger partial charge in [-0.05, 0) is 81.5 Å². The number of hydrogen-bond donors (Lipinski definition) is 1. The maximum Gasteiger partial charge on any atom is 0.316 e. The van der Waals surface area contributed by atoms with Gasteiger partial charge in [0.25, 0.3) is 0 Å². The van der Waals surface area contributed by atoms with Gasteiger partial charge in [0.2, 0.25) is 0 Å². The van der Waals surface area contributed by atoms with Crippen LogP contribution >= 0.6 is 27.7 Å². The lowest BCUT2D eigenvalue weighted by Gasteiger charge is -2.21. The molecular formula is C29H35BrFNO3S. The zero-order chi connectivity index (χ0) is 25.9. The van der Waals surface area contributed by atoms with Crippen LogP contribution in [0.25, 0.3) is 5.57 Å². The summed E-state index contributed by atoms with van der Waals surface area (Å²) in [6, 6.07) is 14.1. The highest BCUT2D eigenvalue weighted by atomic mass is 79.9. The number of hydrogen-bond acceptors (Lipinski definition) is 5. The molecule has 7 heteroatoms. The maximum absolute atomic E-state index is 12.5. The van der Waals surface area contributed by atoms with Crippen molar-refractivity contribution in [2.45, 2.75) is 51.0 Å². The van der Waals surface area contributed by atoms with E-state index in [0.29, 0.717) is 12.2 Å². The van der Waals surface area contributed by atoms with E-state index in [1.807, 2.05) is 51.1 Å². The second-order valence-electron chi connectivity index (χ2n) is 10.6. The van der Waals surface area contributed by atoms with Crippen LogP contribution in [0.5, 0.6) is 5.75 Å². The molecule has 2 aromatic carbocycles. The molecule has 2 aromatic rings. The number of aliphatic hydroxyl groups excluding tert-OH is 1. The Kier molecular flexibility index (Phi) is 8.97. The minimum Gasteiger partial charge on any atom is -0.426 e. The van der Waals surface area contributed by atoms with Crippen molar-refractivity contribution < 1.29 is 19.0 Å². The molecule has 0 saturated carbocycles. The number of likely N-dealkylation sites (tertiary alicyclic amines) is 1. The fourth-order valence-corrected chi connectivity index (χ4v) is 6.67. The number of thioether (sulfide) groups is 1. The summed E-state index contributed by atoms with van der Waals surface area (Å²) in [7, 11) is 0. The molecule has 194 valence electrons. The average Bonchev–Trinajstić information content (AvgIpc) is 3.26. The Hall–Kier alpha value is -1.67. The van der Waals surface area contributed by atoms with E-state index in [4.69, 9.17) is 4.74 Å². The van der Waals surface area contributed by atoms with Gasteiger partial charge in [-0.25, -0.2) is 0 Å². The van der Waals surface area contributed by atoms with Gasteiger partial charge in [-0.2, -0.15) is 0 Å². The molecular weight excluding hydrogens is 541 g/mol. The van der Waals surface area contributed by atoms with Gasteiger partial charge in [0.15, 0.2) is 0 Å². The lowest BCUT2D eigenvalue weighted by atomic mass is 9.91. The lowest BCUT2D eigenvalue weighted by molar-refractivity contribution is -0.143. The molecule has 1 N–H and O–H groups in total. The topological polar surface area (TPSA) is 49.8 Å². The van der Waals surface area contributed by atoms with Crippen LogP contribution in [0, 0.1) is 11.3 Å². The van der Waals surface area contributed by atoms with E-state index in [2.05, 4.69) is 33.0 Å². The number of carbonyl (C=O) groups is 1. The van der Waals surface area contributed by atoms with Crippen LogP contribution in [-0.2, 0) is 4.79 Å². The predicted molar refractivity (Wildman–Crippen MR) is 148 cm³/mol. The summed E-state index contributed by atoms with van der Waals surface area (Å²) in [6.45, 7) is 7.75. The van der Waals surface area contributed by atoms with Gasteiger partial charge in [-0.3, -0.25) is 9.18 Å². The maximum atomic E-state index is 12.5. The normalized spacial score (nSPS) is 19.7. The van der Waals surface area contributed by atoms with E-state index in [1.54, 1.807) is 11.8 Å². The van der Waals surface area contributed by atoms with E-state index in [0.717, 1.165) is 69.9 Å². The molecule has 0 bridgehead atoms. The Labute approximate surface area is 226 Å². The van der Waals surface area contributed by atoms with Crippen molar-refractivity contribution in [1.29, 1.82) is 0 Å². The van der Waals surface area contributed by atoms with E-state index in [9.17, 15) is 14.3 Å². The molecule has 2 heterocycles. The molecule has 2 aliphatic rings. The van der Waals surface area contributed by atoms with Crippen LogP contribution in [0.1, 0.15) is 62.8 Å². The summed E-state index contributed by atoms with van der Waals surface area (Å²) in [5.41, 5.74) is 3.67. The van der Waals surface area contributed by atoms with Crippen LogP contribution in [-0.4, -0.2) is 48.0 Å². The smallest absolute Gasteiger partial charge is 0.316 e. The average molecular weight is 577 g/mol. The SMILES string of the molecule is CC(C)(C)C(=O)Oc1ccc2c(c1)SCCC(Br)=C2c1ccc(C(O)C2CCN(CCCF)C2)cc1. The Bertz CT molecular complexity index is 1110. The molecule has 1 saturated heterocycles. The monoisotopic (exact) mass is 575 g/mol. The third kappa shape index (κ3) is 6.42. The largest absolute Gasteiger partial charge is 0.426 e. The number of rotatable bonds is 7. The van der Waals surface area contributed by atoms with Crippen LogP contribution in [0.15, 0.2) is 51.8 Å². The highest BCUT2D eigenvalue weighted by Gasteiger charge is 2.29. The number of benzene rings is 2. The van der Waals surface area contributed by atoms with Crippen LogP contribution in [0.3, 0.4) is 0 Å². The second kappa shape index (κ2) is 11.8. The first-order chi connectivity index (χ1) is 17.2. The fourth-order valence-electron chi connectivity index (χ4n) is 4.71. The van der Waals surface area contributed by atoms with Gasteiger partial charge >= 0.3 is 5.97 Å². The second-order valence-corrected chi connectivity index (χ2v) is 12.7. The van der Waals surface area contributed by atoms with Crippen molar-refractivity contribution in [3.05, 3.63) is 63.6 Å². The minimum absolute atomic E-state index is 0.172. The van der Waals surface area contributed by atoms with Crippen molar-refractivity contribution in [2.75, 3.05) is 32.1 Å². The molecule has 2 unspecified atom stereocenters. The summed E-state index contributed by atoms with van der Waals surface area (Å²) in [6.07, 6.45) is 1.86. The summed E-state index contributed by atoms with van der Waals surface area (Å²) < 4.78 is 19.3. The van der Waals surface area contributed by atoms with Gasteiger partial charge in [0.05, 0.1) is 18.2 Å². The molecule has 1 fully saturated rings. The zero-order valence-corrected chi connectivity index (χ0v) is 23.6. The highest BCUT2D eigenvalue weighted by molar-refractivity contribution is 9.11. The first-order valence-electron chi connectivity index (χ1n) is 12.6. The van der Waals surface area contributed by atoms with Gasteiger partial charge in [-0.15, -0.1) is 11.8 Å². The number of nitrogens with zero attached hydrogens (tertiary/aromatic N) is 1. The first kappa shape index (κ1) is 27.4. The summed E-state index contributed by atoms with van der Waals surface area (Å²) in [4.78, 5) is 15.7. The Morgan fingerprint density at radius 3 is 2.69 bits per heavy atom. The Morgan fingerprint density at radius 1 is 1.25 bits per heavy atom. The van der Waals surface area contributed by atoms with Gasteiger partial charge in [0, 0.05) is 39.7 Å². The molecule has 0 spiro atoms. The summed E-state index contributed by atoms with van der Waals surface area (Å²) >= 11 is 5.58. The number of fused-ring (bicyclic) bond motifs is 1. The number of alkyl halides is 1. The third-order valence-corrected chi connectivity index (χ3v) is 8.65. The van der Waals surface area contributed by atoms with E-state index in [-0.39, 0.29) is 18.6 Å². The Balaban J connectivity index is 1.53. The fraction of sp³-hybridized carbons (Fsp3) is 0.483. The number of esters is 1. The number of halogens is 2. The third-order valence-electron chi connectivity index (χ3n) is 6.80. The first-order valence-corrected chi connectivity index (χ1v) is 14.4. The molecule has 2 atom stereocenters. The van der Waals surface area contributed by atoms with Crippen molar-refractivity contribution in [3.63, 3.8) is 0 Å². The van der Waals surface area contributed by atoms with Crippen molar-refractivity contribution in [2.24, 2.45) is 11.3 Å². The quantitative estimate of drug-likeness (QED) is 0.284. The van der Waals surface area contributed by atoms with Gasteiger partial charge < -0.3 is 14.7 Å². The van der Waals surface area contributed by atoms with E-state index in [1.165, 1.54) is 0 Å². The van der Waals surface area contributed by atoms with Crippen LogP contribution in [0.2, 0.25) is 0 Å². The molecule has 4 nitrogen and oxygen atoms in total. The Morgan fingerprint density at radius 2 is 2.00 bits per heavy atom. The van der Waals surface area contributed by atoms with E-state index >= 15 is 0 Å².